The molecule has 0 aliphatic carbocycles. The number of carbonyl (C=O) groups excluding carboxylic acids is 4. The molecule has 0 aliphatic rings. The highest BCUT2D eigenvalue weighted by atomic mass is 31.2. The molecule has 0 saturated heterocycles. The maximum atomic E-state index is 13.1. The van der Waals surface area contributed by atoms with Crippen LogP contribution in [0.3, 0.4) is 0 Å². The van der Waals surface area contributed by atoms with Gasteiger partial charge in [-0.05, 0) is 128 Å². The Morgan fingerprint density at radius 3 is 0.847 bits per heavy atom. The van der Waals surface area contributed by atoms with Crippen molar-refractivity contribution in [1.29, 1.82) is 0 Å². The Hall–Kier alpha value is -4.28. The van der Waals surface area contributed by atoms with Gasteiger partial charge in [0.25, 0.3) is 0 Å². The van der Waals surface area contributed by atoms with Crippen LogP contribution in [0.4, 0.5) is 0 Å². The highest BCUT2D eigenvalue weighted by Gasteiger charge is 2.30. The Bertz CT molecular complexity index is 2290. The Kier molecular flexibility index (Phi) is 68.0. The van der Waals surface area contributed by atoms with Crippen LogP contribution in [-0.4, -0.2) is 96.7 Å². The van der Waals surface area contributed by atoms with Crippen molar-refractivity contribution in [2.45, 2.75) is 329 Å². The minimum Gasteiger partial charge on any atom is -0.462 e. The first-order valence-electron chi connectivity index (χ1n) is 38.1. The van der Waals surface area contributed by atoms with E-state index in [0.717, 1.165) is 148 Å². The minimum absolute atomic E-state index is 0.0355. The third-order valence-electron chi connectivity index (χ3n) is 15.7. The summed E-state index contributed by atoms with van der Waals surface area (Å²) in [7, 11) is -9.97. The summed E-state index contributed by atoms with van der Waals surface area (Å²) in [5.74, 6) is -2.25. The molecule has 0 amide bonds. The van der Waals surface area contributed by atoms with Crippen LogP contribution in [0.5, 0.6) is 0 Å². The highest BCUT2D eigenvalue weighted by molar-refractivity contribution is 7.47. The van der Waals surface area contributed by atoms with Gasteiger partial charge in [-0.2, -0.15) is 0 Å². The van der Waals surface area contributed by atoms with E-state index in [1.54, 1.807) is 0 Å². The molecule has 0 radical (unpaired) electrons. The van der Waals surface area contributed by atoms with Gasteiger partial charge in [-0.3, -0.25) is 37.3 Å². The lowest BCUT2D eigenvalue weighted by Gasteiger charge is -2.21. The number of phosphoric acid groups is 2. The van der Waals surface area contributed by atoms with Crippen molar-refractivity contribution in [2.24, 2.45) is 0 Å². The van der Waals surface area contributed by atoms with Crippen molar-refractivity contribution in [3.05, 3.63) is 109 Å². The number of unbranched alkanes of at least 4 members (excludes halogenated alkanes) is 27. The van der Waals surface area contributed by atoms with Gasteiger partial charge >= 0.3 is 39.5 Å². The van der Waals surface area contributed by atoms with Crippen LogP contribution in [0.2, 0.25) is 0 Å². The zero-order chi connectivity index (χ0) is 71.8. The third kappa shape index (κ3) is 70.2. The zero-order valence-electron chi connectivity index (χ0n) is 61.4. The van der Waals surface area contributed by atoms with E-state index < -0.39 is 97.5 Å². The molecule has 0 rings (SSSR count). The fourth-order valence-corrected chi connectivity index (χ4v) is 11.5. The number of aliphatic hydroxyl groups is 1. The largest absolute Gasteiger partial charge is 0.472 e. The first-order chi connectivity index (χ1) is 47.7. The molecule has 0 aromatic rings. The van der Waals surface area contributed by atoms with Gasteiger partial charge in [-0.1, -0.05) is 265 Å². The second-order valence-electron chi connectivity index (χ2n) is 25.2. The van der Waals surface area contributed by atoms with E-state index in [1.807, 2.05) is 0 Å². The second kappa shape index (κ2) is 71.1. The normalized spacial score (nSPS) is 14.6. The summed E-state index contributed by atoms with van der Waals surface area (Å²) in [6.45, 7) is 4.56. The molecular weight excluding hydrogens is 1280 g/mol. The van der Waals surface area contributed by atoms with E-state index in [4.69, 9.17) is 37.0 Å². The van der Waals surface area contributed by atoms with E-state index >= 15 is 0 Å². The number of carbonyl (C=O) groups is 4. The fraction of sp³-hybridized carbons (Fsp3) is 0.722. The van der Waals surface area contributed by atoms with Gasteiger partial charge in [0.15, 0.2) is 12.2 Å². The highest BCUT2D eigenvalue weighted by Crippen LogP contribution is 2.45. The Morgan fingerprint density at radius 2 is 0.531 bits per heavy atom. The number of hydrogen-bond acceptors (Lipinski definition) is 15. The van der Waals surface area contributed by atoms with Gasteiger partial charge in [-0.15, -0.1) is 0 Å². The third-order valence-corrected chi connectivity index (χ3v) is 17.6. The molecule has 0 spiro atoms. The van der Waals surface area contributed by atoms with Gasteiger partial charge in [0.05, 0.1) is 26.4 Å². The molecule has 3 N–H and O–H groups in total. The maximum Gasteiger partial charge on any atom is 0.472 e. The van der Waals surface area contributed by atoms with Crippen LogP contribution >= 0.6 is 15.6 Å². The van der Waals surface area contributed by atoms with Crippen molar-refractivity contribution in [1.82, 2.24) is 0 Å². The minimum atomic E-state index is -4.99. The number of hydrogen-bond donors (Lipinski definition) is 3. The molecule has 17 nitrogen and oxygen atoms in total. The van der Waals surface area contributed by atoms with E-state index in [2.05, 4.69) is 137 Å². The molecule has 0 aromatic heterocycles. The number of aliphatic hydroxyl groups excluding tert-OH is 1. The molecule has 19 heteroatoms. The molecular formula is C79H136O17P2. The average Bonchev–Trinajstić information content (AvgIpc) is 0.986. The van der Waals surface area contributed by atoms with Gasteiger partial charge in [0.2, 0.25) is 0 Å². The summed E-state index contributed by atoms with van der Waals surface area (Å²) < 4.78 is 68.4. The van der Waals surface area contributed by atoms with E-state index in [0.29, 0.717) is 32.1 Å². The van der Waals surface area contributed by atoms with Crippen molar-refractivity contribution in [3.63, 3.8) is 0 Å². The molecule has 5 atom stereocenters. The van der Waals surface area contributed by atoms with Crippen LogP contribution in [-0.2, 0) is 65.4 Å². The van der Waals surface area contributed by atoms with E-state index in [-0.39, 0.29) is 25.7 Å². The summed E-state index contributed by atoms with van der Waals surface area (Å²) in [5, 5.41) is 10.6. The molecule has 0 fully saturated rings. The Balaban J connectivity index is 5.38. The molecule has 0 bridgehead atoms. The first kappa shape index (κ1) is 93.7. The fourth-order valence-electron chi connectivity index (χ4n) is 9.96. The lowest BCUT2D eigenvalue weighted by molar-refractivity contribution is -0.161. The number of ether oxygens (including phenoxy) is 4. The van der Waals surface area contributed by atoms with Crippen LogP contribution in [0.1, 0.15) is 310 Å². The smallest absolute Gasteiger partial charge is 0.462 e. The molecule has 564 valence electrons. The van der Waals surface area contributed by atoms with E-state index in [9.17, 15) is 43.2 Å². The van der Waals surface area contributed by atoms with Gasteiger partial charge in [0.1, 0.15) is 19.3 Å². The van der Waals surface area contributed by atoms with Crippen molar-refractivity contribution in [3.8, 4) is 0 Å². The first-order valence-corrected chi connectivity index (χ1v) is 41.1. The SMILES string of the molecule is CC/C=C\C/C=C\C/C=C\C/C=C\CCCCCCC(=O)OCC(COP(=O)(O)OCC(O)COP(=O)(O)OCC(COC(=O)CCCCCCC/C=C\CCCCCCCC)OC(=O)CCCCCCCCCCCCC)OC(=O)CCCC/C=C\C/C=C\C/C=C\C/C=C\CC. The summed E-state index contributed by atoms with van der Waals surface area (Å²) in [6, 6.07) is 0. The summed E-state index contributed by atoms with van der Waals surface area (Å²) in [6.07, 6.45) is 75.2. The molecule has 0 aliphatic heterocycles. The lowest BCUT2D eigenvalue weighted by Crippen LogP contribution is -2.30. The van der Waals surface area contributed by atoms with Crippen LogP contribution in [0.15, 0.2) is 109 Å². The van der Waals surface area contributed by atoms with Crippen molar-refractivity contribution in [2.75, 3.05) is 39.6 Å². The zero-order valence-corrected chi connectivity index (χ0v) is 63.2. The molecule has 0 heterocycles. The predicted molar refractivity (Wildman–Crippen MR) is 399 cm³/mol. The van der Waals surface area contributed by atoms with Crippen LogP contribution in [0.25, 0.3) is 0 Å². The molecule has 0 saturated carbocycles. The van der Waals surface area contributed by atoms with Gasteiger partial charge in [0, 0.05) is 25.7 Å². The monoisotopic (exact) mass is 1420 g/mol. The lowest BCUT2D eigenvalue weighted by atomic mass is 10.1. The standard InChI is InChI=1S/C79H136O17P2/c1-5-9-13-17-21-25-29-32-35-36-39-41-45-48-52-56-60-64-77(82)90-70-75(96-79(84)66-62-58-54-50-46-42-38-34-31-27-23-19-15-11-7-3)72-94-98(87,88)92-68-73(80)67-91-97(85,86)93-71-74(95-78(83)65-61-57-53-49-43-28-24-20-16-12-8-4)69-89-76(81)63-59-55-51-47-44-40-37-33-30-26-22-18-14-10-6-2/h9,11,13,15,21,23,25,27,32-35,37-39,41,46,50,73-75,80H,5-8,10,12,14,16-20,22,24,26,28-31,36,40,42-45,47-49,51-72H2,1-4H3,(H,85,86)(H,87,88)/b13-9-,15-11-,25-21-,27-23-,35-32-,37-33-,38-34-,41-39-,50-46-. The Labute approximate surface area is 594 Å². The van der Waals surface area contributed by atoms with Crippen LogP contribution < -0.4 is 0 Å². The number of rotatable bonds is 71. The topological polar surface area (TPSA) is 237 Å². The summed E-state index contributed by atoms with van der Waals surface area (Å²) in [5.41, 5.74) is 0. The van der Waals surface area contributed by atoms with E-state index in [1.165, 1.54) is 77.0 Å². The molecule has 5 unspecified atom stereocenters. The predicted octanol–water partition coefficient (Wildman–Crippen LogP) is 21.8. The number of phosphoric ester groups is 2. The van der Waals surface area contributed by atoms with Crippen molar-refractivity contribution >= 4 is 39.5 Å². The summed E-state index contributed by atoms with van der Waals surface area (Å²) in [4.78, 5) is 72.8. The average molecular weight is 1420 g/mol. The van der Waals surface area contributed by atoms with Gasteiger partial charge in [-0.25, -0.2) is 9.13 Å². The summed E-state index contributed by atoms with van der Waals surface area (Å²) >= 11 is 0. The number of allylic oxidation sites excluding steroid dienone is 18. The molecule has 0 aromatic carbocycles. The van der Waals surface area contributed by atoms with Crippen molar-refractivity contribution < 1.29 is 80.2 Å². The second-order valence-corrected chi connectivity index (χ2v) is 28.1. The van der Waals surface area contributed by atoms with Crippen LogP contribution in [0, 0.1) is 0 Å². The molecule has 98 heavy (non-hydrogen) atoms. The number of esters is 4. The maximum absolute atomic E-state index is 13.1. The quantitative estimate of drug-likeness (QED) is 0.0169. The Morgan fingerprint density at radius 1 is 0.296 bits per heavy atom. The van der Waals surface area contributed by atoms with Gasteiger partial charge < -0.3 is 33.8 Å².